The van der Waals surface area contributed by atoms with Gasteiger partial charge in [0.05, 0.1) is 5.69 Å². The van der Waals surface area contributed by atoms with E-state index in [2.05, 4.69) is 136 Å². The van der Waals surface area contributed by atoms with Crippen molar-refractivity contribution < 1.29 is 4.42 Å². The molecule has 0 atom stereocenters. The molecule has 0 fully saturated rings. The number of fused-ring (bicyclic) bond motifs is 6. The minimum atomic E-state index is -0.260. The summed E-state index contributed by atoms with van der Waals surface area (Å²) < 4.78 is 7.94. The zero-order chi connectivity index (χ0) is 35.6. The molecule has 6 aromatic heterocycles. The maximum atomic E-state index is 6.70. The summed E-state index contributed by atoms with van der Waals surface area (Å²) in [7, 11) is 0. The van der Waals surface area contributed by atoms with Gasteiger partial charge in [-0.2, -0.15) is 0 Å². The molecule has 8 heterocycles. The van der Waals surface area contributed by atoms with Crippen LogP contribution in [-0.2, 0) is 0 Å². The molecule has 54 heavy (non-hydrogen) atoms. The molecule has 0 unspecified atom stereocenters. The fourth-order valence-corrected chi connectivity index (χ4v) is 9.28. The Morgan fingerprint density at radius 2 is 0.870 bits per heavy atom. The Bertz CT molecular complexity index is 2580. The van der Waals surface area contributed by atoms with Gasteiger partial charge in [0, 0.05) is 87.8 Å². The summed E-state index contributed by atoms with van der Waals surface area (Å²) in [5.41, 5.74) is 9.43. The van der Waals surface area contributed by atoms with E-state index >= 15 is 0 Å². The average Bonchev–Trinajstić information content (AvgIpc) is 3.98. The molecule has 11 rings (SSSR count). The first-order chi connectivity index (χ1) is 26.8. The van der Waals surface area contributed by atoms with Gasteiger partial charge in [-0.25, -0.2) is 0 Å². The molecule has 0 radical (unpaired) electrons. The fourth-order valence-electron chi connectivity index (χ4n) is 8.04. The van der Waals surface area contributed by atoms with Crippen LogP contribution in [0.1, 0.15) is 0 Å². The lowest BCUT2D eigenvalue weighted by atomic mass is 9.60. The molecule has 0 aliphatic carbocycles. The maximum Gasteiger partial charge on any atom is 0.423 e. The summed E-state index contributed by atoms with van der Waals surface area (Å²) in [6, 6.07) is 42.5. The first kappa shape index (κ1) is 30.7. The van der Waals surface area contributed by atoms with Crippen molar-refractivity contribution in [3.05, 3.63) is 171 Å². The van der Waals surface area contributed by atoms with Gasteiger partial charge in [-0.3, -0.25) is 19.9 Å². The monoisotopic (exact) mass is 714 g/mol. The highest BCUT2D eigenvalue weighted by molar-refractivity contribution is 7.25. The van der Waals surface area contributed by atoms with E-state index in [4.69, 9.17) is 4.42 Å². The first-order valence-corrected chi connectivity index (χ1v) is 18.5. The van der Waals surface area contributed by atoms with E-state index in [1.807, 2.05) is 85.2 Å². The highest BCUT2D eigenvalue weighted by Crippen LogP contribution is 2.55. The second-order valence-corrected chi connectivity index (χ2v) is 14.3. The number of furan rings is 1. The van der Waals surface area contributed by atoms with Crippen molar-refractivity contribution in [1.29, 1.82) is 0 Å². The molecule has 2 aliphatic heterocycles. The van der Waals surface area contributed by atoms with Crippen LogP contribution in [0.2, 0.25) is 0 Å². The number of rotatable bonds is 6. The van der Waals surface area contributed by atoms with Gasteiger partial charge < -0.3 is 23.7 Å². The molecule has 12 heteroatoms. The van der Waals surface area contributed by atoms with Crippen molar-refractivity contribution >= 4 is 102 Å². The Morgan fingerprint density at radius 3 is 1.44 bits per heavy atom. The van der Waals surface area contributed by atoms with Crippen LogP contribution in [0.15, 0.2) is 175 Å². The summed E-state index contributed by atoms with van der Waals surface area (Å²) in [6.07, 6.45) is 14.8. The highest BCUT2D eigenvalue weighted by Gasteiger charge is 2.49. The predicted molar refractivity (Wildman–Crippen MR) is 221 cm³/mol. The molecule has 9 aromatic rings. The molecule has 0 saturated heterocycles. The summed E-state index contributed by atoms with van der Waals surface area (Å²) in [5, 5.41) is 3.46. The van der Waals surface area contributed by atoms with Gasteiger partial charge in [0.1, 0.15) is 16.3 Å². The number of para-hydroxylation sites is 1. The number of benzene rings is 3. The molecule has 0 amide bonds. The number of hydrogen-bond donors (Lipinski definition) is 0. The molecule has 254 valence electrons. The molecule has 0 saturated carbocycles. The molecule has 2 aliphatic rings. The Balaban J connectivity index is 1.09. The Morgan fingerprint density at radius 1 is 0.426 bits per heavy atom. The van der Waals surface area contributed by atoms with Crippen molar-refractivity contribution in [3.8, 4) is 0 Å². The fraction of sp³-hybridized carbons (Fsp3) is 0. The third-order valence-corrected chi connectivity index (χ3v) is 11.5. The summed E-state index contributed by atoms with van der Waals surface area (Å²) in [6.45, 7) is -0.437. The van der Waals surface area contributed by atoms with E-state index in [1.54, 1.807) is 0 Å². The molecular formula is C42H28B2N8OS. The smallest absolute Gasteiger partial charge is 0.423 e. The van der Waals surface area contributed by atoms with Gasteiger partial charge in [-0.1, -0.05) is 54.6 Å². The lowest BCUT2D eigenvalue weighted by molar-refractivity contribution is 0.628. The lowest BCUT2D eigenvalue weighted by Gasteiger charge is -2.32. The molecule has 9 nitrogen and oxygen atoms in total. The van der Waals surface area contributed by atoms with E-state index in [-0.39, 0.29) is 14.0 Å². The van der Waals surface area contributed by atoms with E-state index in [9.17, 15) is 0 Å². The summed E-state index contributed by atoms with van der Waals surface area (Å²) >= 11 is 1.81. The number of anilines is 8. The van der Waals surface area contributed by atoms with Gasteiger partial charge in [-0.05, 0) is 77.7 Å². The van der Waals surface area contributed by atoms with Crippen molar-refractivity contribution in [3.63, 3.8) is 0 Å². The Kier molecular flexibility index (Phi) is 7.02. The number of hydrogen-bond acceptors (Lipinski definition) is 10. The standard InChI is InChI=1S/C42H28B2N8OS/c1-3-7-37-35(5-1)39-41(53-37)51(33-17-25-47-26-18-33)43(49(39)31-13-21-45-22-14-31)29-9-11-30(12-10-29)44-50(32-15-23-46-24-16-32)40-36-6-2-4-8-38(36)54-42(40)52(44)34-19-27-48-28-20-34/h1-28H. The maximum absolute atomic E-state index is 6.70. The van der Waals surface area contributed by atoms with Crippen molar-refractivity contribution in [2.45, 2.75) is 0 Å². The lowest BCUT2D eigenvalue weighted by Crippen LogP contribution is -2.55. The topological polar surface area (TPSA) is 77.7 Å². The molecule has 0 N–H and O–H groups in total. The van der Waals surface area contributed by atoms with Crippen molar-refractivity contribution in [2.75, 3.05) is 19.2 Å². The van der Waals surface area contributed by atoms with Crippen LogP contribution in [0.5, 0.6) is 0 Å². The number of nitrogens with zero attached hydrogens (tertiary/aromatic N) is 8. The third-order valence-electron chi connectivity index (χ3n) is 10.3. The zero-order valence-corrected chi connectivity index (χ0v) is 29.5. The minimum absolute atomic E-state index is 0.177. The molecule has 3 aromatic carbocycles. The number of thiophene rings is 1. The van der Waals surface area contributed by atoms with Gasteiger partial charge in [0.25, 0.3) is 0 Å². The van der Waals surface area contributed by atoms with Crippen LogP contribution < -0.4 is 30.2 Å². The average molecular weight is 714 g/mol. The van der Waals surface area contributed by atoms with E-state index in [0.29, 0.717) is 0 Å². The van der Waals surface area contributed by atoms with Gasteiger partial charge in [-0.15, -0.1) is 11.3 Å². The van der Waals surface area contributed by atoms with Crippen LogP contribution in [0.4, 0.5) is 45.0 Å². The van der Waals surface area contributed by atoms with Crippen LogP contribution in [0.25, 0.3) is 21.1 Å². The second kappa shape index (κ2) is 12.4. The molecule has 0 bridgehead atoms. The Labute approximate surface area is 315 Å². The largest absolute Gasteiger partial charge is 0.439 e. The third kappa shape index (κ3) is 4.66. The molecule has 0 spiro atoms. The van der Waals surface area contributed by atoms with Crippen LogP contribution in [0, 0.1) is 0 Å². The van der Waals surface area contributed by atoms with Crippen LogP contribution in [-0.4, -0.2) is 33.9 Å². The van der Waals surface area contributed by atoms with Crippen molar-refractivity contribution in [2.24, 2.45) is 0 Å². The van der Waals surface area contributed by atoms with Crippen LogP contribution in [0.3, 0.4) is 0 Å². The first-order valence-electron chi connectivity index (χ1n) is 17.7. The van der Waals surface area contributed by atoms with E-state index in [0.717, 1.165) is 56.2 Å². The Hall–Kier alpha value is -6.91. The zero-order valence-electron chi connectivity index (χ0n) is 28.7. The van der Waals surface area contributed by atoms with Crippen molar-refractivity contribution in [1.82, 2.24) is 19.9 Å². The molecular weight excluding hydrogens is 686 g/mol. The van der Waals surface area contributed by atoms with Crippen LogP contribution >= 0.6 is 11.3 Å². The summed E-state index contributed by atoms with van der Waals surface area (Å²) in [5.74, 6) is 0.785. The predicted octanol–water partition coefficient (Wildman–Crippen LogP) is 8.60. The van der Waals surface area contributed by atoms with Gasteiger partial charge in [0.15, 0.2) is 0 Å². The highest BCUT2D eigenvalue weighted by atomic mass is 32.1. The summed E-state index contributed by atoms with van der Waals surface area (Å²) in [4.78, 5) is 27.0. The van der Waals surface area contributed by atoms with E-state index in [1.165, 1.54) is 20.8 Å². The quantitative estimate of drug-likeness (QED) is 0.158. The van der Waals surface area contributed by atoms with E-state index < -0.39 is 0 Å². The second-order valence-electron chi connectivity index (χ2n) is 13.2. The normalized spacial score (nSPS) is 13.7. The van der Waals surface area contributed by atoms with Gasteiger partial charge >= 0.3 is 14.0 Å². The minimum Gasteiger partial charge on any atom is -0.439 e. The SMILES string of the molecule is c1ccc2c3c(oc2c1)N(c1ccncc1)B(c1ccc(B2N(c4ccncc4)c4sc5ccccc5c4N2c2ccncc2)cc1)N3c1ccncc1. The number of pyridine rings is 4. The van der Waals surface area contributed by atoms with Gasteiger partial charge in [0.2, 0.25) is 5.88 Å². The number of aromatic nitrogens is 4.